The number of nitrogens with zero attached hydrogens (tertiary/aromatic N) is 3. The molecule has 1 atom stereocenters. The number of carbonyl (C=O) groups excluding carboxylic acids is 1. The maximum Gasteiger partial charge on any atom is 0.248 e. The molecule has 1 unspecified atom stereocenters. The zero-order valence-corrected chi connectivity index (χ0v) is 14.7. The number of morpholine rings is 1. The van der Waals surface area contributed by atoms with Gasteiger partial charge >= 0.3 is 0 Å². The lowest BCUT2D eigenvalue weighted by Gasteiger charge is -2.32. The van der Waals surface area contributed by atoms with Crippen molar-refractivity contribution in [3.05, 3.63) is 41.7 Å². The summed E-state index contributed by atoms with van der Waals surface area (Å²) in [6.45, 7) is 7.18. The van der Waals surface area contributed by atoms with Gasteiger partial charge in [-0.3, -0.25) is 20.1 Å². The summed E-state index contributed by atoms with van der Waals surface area (Å²) in [5.74, 6) is 1.20. The molecule has 25 heavy (non-hydrogen) atoms. The Bertz CT molecular complexity index is 686. The van der Waals surface area contributed by atoms with Crippen molar-refractivity contribution in [2.24, 2.45) is 0 Å². The van der Waals surface area contributed by atoms with Crippen LogP contribution in [0, 0.1) is 0 Å². The van der Waals surface area contributed by atoms with E-state index in [9.17, 15) is 4.79 Å². The van der Waals surface area contributed by atoms with Crippen molar-refractivity contribution in [1.29, 1.82) is 0 Å². The third-order valence-electron chi connectivity index (χ3n) is 4.19. The second kappa shape index (κ2) is 8.22. The Morgan fingerprint density at radius 1 is 1.40 bits per heavy atom. The molecule has 0 radical (unpaired) electrons. The first kappa shape index (κ1) is 17.6. The van der Waals surface area contributed by atoms with Gasteiger partial charge in [-0.15, -0.1) is 5.10 Å². The van der Waals surface area contributed by atoms with E-state index in [4.69, 9.17) is 4.74 Å². The lowest BCUT2D eigenvalue weighted by Crippen LogP contribution is -2.43. The van der Waals surface area contributed by atoms with Crippen molar-refractivity contribution < 1.29 is 9.53 Å². The normalized spacial score (nSPS) is 18.4. The summed E-state index contributed by atoms with van der Waals surface area (Å²) >= 11 is 0. The fourth-order valence-corrected chi connectivity index (χ4v) is 2.86. The molecule has 1 fully saturated rings. The minimum atomic E-state index is -0.124. The number of H-pyrrole nitrogens is 1. The van der Waals surface area contributed by atoms with Crippen molar-refractivity contribution in [2.45, 2.75) is 38.8 Å². The molecular weight excluding hydrogens is 318 g/mol. The number of anilines is 1. The van der Waals surface area contributed by atoms with Gasteiger partial charge in [-0.1, -0.05) is 44.2 Å². The molecular formula is C18H25N5O2. The van der Waals surface area contributed by atoms with Gasteiger partial charge in [0.25, 0.3) is 0 Å². The van der Waals surface area contributed by atoms with Gasteiger partial charge in [0.05, 0.1) is 19.1 Å². The molecule has 1 aliphatic heterocycles. The van der Waals surface area contributed by atoms with E-state index < -0.39 is 0 Å². The van der Waals surface area contributed by atoms with E-state index in [-0.39, 0.29) is 17.9 Å². The molecule has 7 heteroatoms. The molecule has 1 amide bonds. The van der Waals surface area contributed by atoms with Crippen LogP contribution < -0.4 is 5.32 Å². The first-order chi connectivity index (χ1) is 12.1. The fraction of sp³-hybridized carbons (Fsp3) is 0.500. The second-order valence-electron chi connectivity index (χ2n) is 6.66. The molecule has 1 aromatic carbocycles. The topological polar surface area (TPSA) is 83.1 Å². The first-order valence-electron chi connectivity index (χ1n) is 8.70. The summed E-state index contributed by atoms with van der Waals surface area (Å²) in [5, 5.41) is 9.59. The van der Waals surface area contributed by atoms with Crippen LogP contribution in [0.3, 0.4) is 0 Å². The molecule has 2 aromatic rings. The molecule has 0 saturated carbocycles. The zero-order valence-electron chi connectivity index (χ0n) is 14.7. The Balaban J connectivity index is 1.49. The Labute approximate surface area is 147 Å². The van der Waals surface area contributed by atoms with Crippen LogP contribution in [0.4, 0.5) is 5.95 Å². The van der Waals surface area contributed by atoms with Crippen LogP contribution >= 0.6 is 0 Å². The van der Waals surface area contributed by atoms with E-state index in [1.54, 1.807) is 0 Å². The zero-order chi connectivity index (χ0) is 17.6. The number of ether oxygens (including phenoxy) is 1. The number of aromatic amines is 1. The van der Waals surface area contributed by atoms with Gasteiger partial charge in [-0.05, 0) is 5.56 Å². The van der Waals surface area contributed by atoms with Gasteiger partial charge in [0.15, 0.2) is 0 Å². The smallest absolute Gasteiger partial charge is 0.248 e. The second-order valence-corrected chi connectivity index (χ2v) is 6.66. The number of aromatic nitrogens is 3. The Kier molecular flexibility index (Phi) is 5.78. The number of hydrogen-bond acceptors (Lipinski definition) is 5. The Hall–Kier alpha value is -2.25. The van der Waals surface area contributed by atoms with Gasteiger partial charge in [0.1, 0.15) is 5.82 Å². The molecule has 3 rings (SSSR count). The van der Waals surface area contributed by atoms with E-state index in [1.165, 1.54) is 5.56 Å². The summed E-state index contributed by atoms with van der Waals surface area (Å²) in [7, 11) is 0. The summed E-state index contributed by atoms with van der Waals surface area (Å²) in [4.78, 5) is 18.8. The van der Waals surface area contributed by atoms with Gasteiger partial charge < -0.3 is 4.74 Å². The van der Waals surface area contributed by atoms with Crippen LogP contribution in [0.15, 0.2) is 30.3 Å². The molecule has 1 saturated heterocycles. The van der Waals surface area contributed by atoms with E-state index in [0.29, 0.717) is 19.0 Å². The van der Waals surface area contributed by atoms with Gasteiger partial charge in [-0.2, -0.15) is 4.98 Å². The first-order valence-corrected chi connectivity index (χ1v) is 8.70. The predicted molar refractivity (Wildman–Crippen MR) is 95.2 cm³/mol. The largest absolute Gasteiger partial charge is 0.375 e. The highest BCUT2D eigenvalue weighted by molar-refractivity contribution is 5.89. The summed E-state index contributed by atoms with van der Waals surface area (Å²) in [5.41, 5.74) is 1.27. The van der Waals surface area contributed by atoms with E-state index in [0.717, 1.165) is 25.5 Å². The van der Waals surface area contributed by atoms with Crippen molar-refractivity contribution in [2.75, 3.05) is 25.0 Å². The van der Waals surface area contributed by atoms with Crippen LogP contribution in [0.2, 0.25) is 0 Å². The van der Waals surface area contributed by atoms with E-state index in [1.807, 2.05) is 32.0 Å². The minimum absolute atomic E-state index is 0.110. The minimum Gasteiger partial charge on any atom is -0.375 e. The third-order valence-corrected chi connectivity index (χ3v) is 4.19. The number of benzene rings is 1. The standard InChI is InChI=1S/C18H25N5O2/c1-13(2)17-20-18(22-21-17)19-16(24)10-15-12-23(8-9-25-15)11-14-6-4-3-5-7-14/h3-7,13,15H,8-12H2,1-2H3,(H2,19,20,21,22,24). The van der Waals surface area contributed by atoms with Crippen molar-refractivity contribution >= 4 is 11.9 Å². The van der Waals surface area contributed by atoms with Crippen LogP contribution in [-0.2, 0) is 16.1 Å². The lowest BCUT2D eigenvalue weighted by molar-refractivity contribution is -0.121. The summed E-state index contributed by atoms with van der Waals surface area (Å²) < 4.78 is 5.75. The molecule has 0 aliphatic carbocycles. The average Bonchev–Trinajstić information content (AvgIpc) is 3.05. The van der Waals surface area contributed by atoms with Gasteiger partial charge in [-0.25, -0.2) is 0 Å². The Morgan fingerprint density at radius 3 is 2.92 bits per heavy atom. The molecule has 0 spiro atoms. The number of hydrogen-bond donors (Lipinski definition) is 2. The molecule has 2 N–H and O–H groups in total. The molecule has 0 bridgehead atoms. The SMILES string of the molecule is CC(C)c1nc(NC(=O)CC2CN(Cc3ccccc3)CCO2)n[nH]1. The Morgan fingerprint density at radius 2 is 2.20 bits per heavy atom. The maximum absolute atomic E-state index is 12.2. The highest BCUT2D eigenvalue weighted by Gasteiger charge is 2.23. The van der Waals surface area contributed by atoms with Crippen molar-refractivity contribution in [1.82, 2.24) is 20.1 Å². The summed E-state index contributed by atoms with van der Waals surface area (Å²) in [6.07, 6.45) is 0.192. The number of carbonyl (C=O) groups is 1. The number of amides is 1. The van der Waals surface area contributed by atoms with Crippen LogP contribution in [-0.4, -0.2) is 51.8 Å². The average molecular weight is 343 g/mol. The summed E-state index contributed by atoms with van der Waals surface area (Å²) in [6, 6.07) is 10.3. The third kappa shape index (κ3) is 5.11. The van der Waals surface area contributed by atoms with Crippen molar-refractivity contribution in [3.8, 4) is 0 Å². The highest BCUT2D eigenvalue weighted by atomic mass is 16.5. The molecule has 7 nitrogen and oxygen atoms in total. The molecule has 1 aliphatic rings. The quantitative estimate of drug-likeness (QED) is 0.840. The van der Waals surface area contributed by atoms with Crippen LogP contribution in [0.5, 0.6) is 0 Å². The predicted octanol–water partition coefficient (Wildman–Crippen LogP) is 2.16. The van der Waals surface area contributed by atoms with Crippen molar-refractivity contribution in [3.63, 3.8) is 0 Å². The van der Waals surface area contributed by atoms with Gasteiger partial charge in [0.2, 0.25) is 11.9 Å². The number of rotatable bonds is 6. The van der Waals surface area contributed by atoms with E-state index >= 15 is 0 Å². The molecule has 1 aromatic heterocycles. The molecule has 134 valence electrons. The monoisotopic (exact) mass is 343 g/mol. The number of nitrogens with one attached hydrogen (secondary N) is 2. The highest BCUT2D eigenvalue weighted by Crippen LogP contribution is 2.14. The van der Waals surface area contributed by atoms with Crippen LogP contribution in [0.25, 0.3) is 0 Å². The van der Waals surface area contributed by atoms with E-state index in [2.05, 4.69) is 37.5 Å². The molecule has 2 heterocycles. The van der Waals surface area contributed by atoms with Gasteiger partial charge in [0, 0.05) is 25.6 Å². The lowest BCUT2D eigenvalue weighted by atomic mass is 10.1. The maximum atomic E-state index is 12.2. The fourth-order valence-electron chi connectivity index (χ4n) is 2.86. The van der Waals surface area contributed by atoms with Crippen LogP contribution in [0.1, 0.15) is 37.6 Å².